The molecule has 26 heavy (non-hydrogen) atoms. The largest absolute Gasteiger partial charge is 0.506 e. The molecule has 0 bridgehead atoms. The first kappa shape index (κ1) is 17.8. The fraction of sp³-hybridized carbons (Fsp3) is 0.0588. The SMILES string of the molecule is O=C(Nc1ccc(C(F)(F)F)cc1)c1c(O)c2ccc(Cl)cc2[nH]c1=O. The number of carbonyl (C=O) groups excluding carboxylic acids is 1. The first-order chi connectivity index (χ1) is 12.2. The van der Waals surface area contributed by atoms with E-state index in [0.29, 0.717) is 5.02 Å². The Hall–Kier alpha value is -3.00. The summed E-state index contributed by atoms with van der Waals surface area (Å²) in [4.78, 5) is 26.8. The normalized spacial score (nSPS) is 11.5. The number of benzene rings is 2. The van der Waals surface area contributed by atoms with E-state index in [1.807, 2.05) is 0 Å². The molecule has 3 rings (SSSR count). The second-order valence-corrected chi connectivity index (χ2v) is 5.83. The Bertz CT molecular complexity index is 1060. The van der Waals surface area contributed by atoms with Gasteiger partial charge in [0, 0.05) is 16.1 Å². The van der Waals surface area contributed by atoms with Gasteiger partial charge in [-0.1, -0.05) is 11.6 Å². The second-order valence-electron chi connectivity index (χ2n) is 5.40. The highest BCUT2D eigenvalue weighted by molar-refractivity contribution is 6.31. The van der Waals surface area contributed by atoms with Gasteiger partial charge in [0.25, 0.3) is 11.5 Å². The molecule has 0 saturated heterocycles. The zero-order chi connectivity index (χ0) is 19.1. The summed E-state index contributed by atoms with van der Waals surface area (Å²) in [6, 6.07) is 8.00. The Morgan fingerprint density at radius 1 is 1.12 bits per heavy atom. The van der Waals surface area contributed by atoms with E-state index < -0.39 is 34.5 Å². The third kappa shape index (κ3) is 3.36. The summed E-state index contributed by atoms with van der Waals surface area (Å²) in [5.74, 6) is -1.51. The Balaban J connectivity index is 1.95. The molecular formula is C17H10ClF3N2O3. The standard InChI is InChI=1S/C17H10ClF3N2O3/c18-9-3-6-11-12(7-9)23-16(26)13(14(11)24)15(25)22-10-4-1-8(2-5-10)17(19,20)21/h1-7H,(H,22,25)(H2,23,24,26). The highest BCUT2D eigenvalue weighted by atomic mass is 35.5. The Kier molecular flexibility index (Phi) is 4.37. The number of anilines is 1. The lowest BCUT2D eigenvalue weighted by molar-refractivity contribution is -0.137. The van der Waals surface area contributed by atoms with Crippen molar-refractivity contribution in [1.29, 1.82) is 0 Å². The van der Waals surface area contributed by atoms with Crippen molar-refractivity contribution in [2.75, 3.05) is 5.32 Å². The van der Waals surface area contributed by atoms with Crippen LogP contribution in [0.5, 0.6) is 5.75 Å². The molecule has 0 unspecified atom stereocenters. The first-order valence-corrected chi connectivity index (χ1v) is 7.58. The highest BCUT2D eigenvalue weighted by Crippen LogP contribution is 2.30. The minimum atomic E-state index is -4.50. The van der Waals surface area contributed by atoms with Crippen molar-refractivity contribution >= 4 is 34.1 Å². The van der Waals surface area contributed by atoms with Crippen LogP contribution in [-0.2, 0) is 6.18 Å². The first-order valence-electron chi connectivity index (χ1n) is 7.20. The molecule has 0 aliphatic carbocycles. The van der Waals surface area contributed by atoms with Crippen LogP contribution >= 0.6 is 11.6 Å². The summed E-state index contributed by atoms with van der Waals surface area (Å²) in [5.41, 5.74) is -2.01. The van der Waals surface area contributed by atoms with Gasteiger partial charge in [0.15, 0.2) is 0 Å². The van der Waals surface area contributed by atoms with Gasteiger partial charge in [-0.15, -0.1) is 0 Å². The van der Waals surface area contributed by atoms with Gasteiger partial charge in [0.1, 0.15) is 11.3 Å². The summed E-state index contributed by atoms with van der Waals surface area (Å²) in [7, 11) is 0. The summed E-state index contributed by atoms with van der Waals surface area (Å²) in [5, 5.41) is 13.1. The van der Waals surface area contributed by atoms with Gasteiger partial charge in [-0.05, 0) is 42.5 Å². The molecule has 3 aromatic rings. The van der Waals surface area contributed by atoms with Crippen LogP contribution in [0.25, 0.3) is 10.9 Å². The molecule has 5 nitrogen and oxygen atoms in total. The van der Waals surface area contributed by atoms with Gasteiger partial charge in [0.2, 0.25) is 0 Å². The zero-order valence-corrected chi connectivity index (χ0v) is 13.6. The topological polar surface area (TPSA) is 82.2 Å². The number of hydrogen-bond acceptors (Lipinski definition) is 3. The van der Waals surface area contributed by atoms with E-state index in [0.717, 1.165) is 24.3 Å². The van der Waals surface area contributed by atoms with Crippen LogP contribution in [0.15, 0.2) is 47.3 Å². The smallest absolute Gasteiger partial charge is 0.416 e. The third-order valence-corrected chi connectivity index (χ3v) is 3.88. The van der Waals surface area contributed by atoms with Crippen LogP contribution in [0.4, 0.5) is 18.9 Å². The maximum absolute atomic E-state index is 12.6. The molecule has 0 aliphatic heterocycles. The van der Waals surface area contributed by atoms with Gasteiger partial charge in [0.05, 0.1) is 11.1 Å². The van der Waals surface area contributed by atoms with E-state index in [1.165, 1.54) is 18.2 Å². The molecule has 2 aromatic carbocycles. The number of alkyl halides is 3. The van der Waals surface area contributed by atoms with E-state index in [9.17, 15) is 27.9 Å². The second kappa shape index (κ2) is 6.38. The van der Waals surface area contributed by atoms with Gasteiger partial charge in [-0.3, -0.25) is 9.59 Å². The molecule has 0 aliphatic rings. The van der Waals surface area contributed by atoms with E-state index in [2.05, 4.69) is 10.3 Å². The van der Waals surface area contributed by atoms with E-state index >= 15 is 0 Å². The van der Waals surface area contributed by atoms with Crippen LogP contribution in [-0.4, -0.2) is 16.0 Å². The van der Waals surface area contributed by atoms with Crippen LogP contribution < -0.4 is 10.9 Å². The molecule has 134 valence electrons. The lowest BCUT2D eigenvalue weighted by Crippen LogP contribution is -2.23. The van der Waals surface area contributed by atoms with Crippen molar-refractivity contribution in [1.82, 2.24) is 4.98 Å². The lowest BCUT2D eigenvalue weighted by Gasteiger charge is -2.10. The number of carbonyl (C=O) groups is 1. The van der Waals surface area contributed by atoms with Crippen molar-refractivity contribution in [2.45, 2.75) is 6.18 Å². The fourth-order valence-electron chi connectivity index (χ4n) is 2.40. The Labute approximate surface area is 149 Å². The number of halogens is 4. The molecule has 1 heterocycles. The number of H-pyrrole nitrogens is 1. The van der Waals surface area contributed by atoms with Crippen molar-refractivity contribution in [3.63, 3.8) is 0 Å². The molecule has 0 fully saturated rings. The number of amides is 1. The molecule has 0 saturated carbocycles. The number of fused-ring (bicyclic) bond motifs is 1. The molecular weight excluding hydrogens is 373 g/mol. The Morgan fingerprint density at radius 3 is 2.38 bits per heavy atom. The van der Waals surface area contributed by atoms with E-state index in [4.69, 9.17) is 11.6 Å². The molecule has 1 aromatic heterocycles. The predicted octanol–water partition coefficient (Wildman–Crippen LogP) is 4.16. The molecule has 1 amide bonds. The molecule has 0 spiro atoms. The van der Waals surface area contributed by atoms with Crippen LogP contribution in [0.2, 0.25) is 5.02 Å². The number of pyridine rings is 1. The quantitative estimate of drug-likeness (QED) is 0.622. The minimum absolute atomic E-state index is 0.0398. The highest BCUT2D eigenvalue weighted by Gasteiger charge is 2.30. The van der Waals surface area contributed by atoms with Gasteiger partial charge < -0.3 is 15.4 Å². The Morgan fingerprint density at radius 2 is 1.77 bits per heavy atom. The number of nitrogens with one attached hydrogen (secondary N) is 2. The third-order valence-electron chi connectivity index (χ3n) is 3.65. The van der Waals surface area contributed by atoms with Gasteiger partial charge in [-0.25, -0.2) is 0 Å². The molecule has 0 atom stereocenters. The average molecular weight is 383 g/mol. The number of aromatic nitrogens is 1. The summed E-state index contributed by atoms with van der Waals surface area (Å²) >= 11 is 5.81. The molecule has 0 radical (unpaired) electrons. The maximum Gasteiger partial charge on any atom is 0.416 e. The monoisotopic (exact) mass is 382 g/mol. The summed E-state index contributed by atoms with van der Waals surface area (Å²) in [6.07, 6.45) is -4.50. The molecule has 9 heteroatoms. The maximum atomic E-state index is 12.6. The summed E-state index contributed by atoms with van der Waals surface area (Å²) < 4.78 is 37.7. The fourth-order valence-corrected chi connectivity index (χ4v) is 2.57. The van der Waals surface area contributed by atoms with Crippen LogP contribution in [0.3, 0.4) is 0 Å². The number of rotatable bonds is 2. The predicted molar refractivity (Wildman–Crippen MR) is 90.6 cm³/mol. The van der Waals surface area contributed by atoms with Crippen molar-refractivity contribution in [3.05, 3.63) is 69.0 Å². The molecule has 3 N–H and O–H groups in total. The number of hydrogen-bond donors (Lipinski definition) is 3. The minimum Gasteiger partial charge on any atom is -0.506 e. The number of aromatic hydroxyl groups is 1. The lowest BCUT2D eigenvalue weighted by atomic mass is 10.1. The number of aromatic amines is 1. The van der Waals surface area contributed by atoms with Gasteiger partial charge in [-0.2, -0.15) is 13.2 Å². The van der Waals surface area contributed by atoms with Crippen molar-refractivity contribution in [2.24, 2.45) is 0 Å². The van der Waals surface area contributed by atoms with E-state index in [-0.39, 0.29) is 16.6 Å². The average Bonchev–Trinajstić information content (AvgIpc) is 2.54. The summed E-state index contributed by atoms with van der Waals surface area (Å²) in [6.45, 7) is 0. The van der Waals surface area contributed by atoms with Crippen LogP contribution in [0.1, 0.15) is 15.9 Å². The van der Waals surface area contributed by atoms with Crippen molar-refractivity contribution < 1.29 is 23.1 Å². The van der Waals surface area contributed by atoms with Crippen LogP contribution in [0, 0.1) is 0 Å². The van der Waals surface area contributed by atoms with E-state index in [1.54, 1.807) is 0 Å². The van der Waals surface area contributed by atoms with Crippen molar-refractivity contribution in [3.8, 4) is 5.75 Å². The van der Waals surface area contributed by atoms with Gasteiger partial charge >= 0.3 is 6.18 Å². The zero-order valence-electron chi connectivity index (χ0n) is 12.8.